The minimum atomic E-state index is 1.09. The highest BCUT2D eigenvalue weighted by Crippen LogP contribution is 2.45. The Kier molecular flexibility index (Phi) is 8.42. The third-order valence-electron chi connectivity index (χ3n) is 11.5. The standard InChI is InChI=1S/C56H37NS/c1-2-13-41(14-3-1)50-35-30-45(49-20-10-17-40-15-6-7-18-48(40)49)37-54(50)57(46-31-26-39(27-32-46)44-25-24-38-12-4-5-16-43(38)36-44)47-33-28-42(29-34-47)51-21-11-22-53-52-19-8-9-23-55(52)58-56(51)53/h1-37H. The smallest absolute Gasteiger partial charge is 0.0546 e. The fourth-order valence-electron chi connectivity index (χ4n) is 8.59. The van der Waals surface area contributed by atoms with Crippen molar-refractivity contribution in [3.63, 3.8) is 0 Å². The second kappa shape index (κ2) is 14.4. The minimum Gasteiger partial charge on any atom is -0.310 e. The molecule has 0 N–H and O–H groups in total. The van der Waals surface area contributed by atoms with Crippen molar-refractivity contribution in [2.75, 3.05) is 4.90 Å². The number of rotatable bonds is 7. The zero-order chi connectivity index (χ0) is 38.4. The van der Waals surface area contributed by atoms with E-state index in [2.05, 4.69) is 229 Å². The van der Waals surface area contributed by atoms with Gasteiger partial charge in [-0.05, 0) is 103 Å². The molecule has 2 heteroatoms. The van der Waals surface area contributed by atoms with E-state index in [1.807, 2.05) is 11.3 Å². The molecule has 0 atom stereocenters. The van der Waals surface area contributed by atoms with Crippen LogP contribution in [0.4, 0.5) is 17.1 Å². The quantitative estimate of drug-likeness (QED) is 0.157. The average molecular weight is 756 g/mol. The molecule has 0 radical (unpaired) electrons. The highest BCUT2D eigenvalue weighted by atomic mass is 32.1. The van der Waals surface area contributed by atoms with Crippen molar-refractivity contribution in [1.29, 1.82) is 0 Å². The van der Waals surface area contributed by atoms with Gasteiger partial charge in [0.15, 0.2) is 0 Å². The van der Waals surface area contributed by atoms with E-state index >= 15 is 0 Å². The van der Waals surface area contributed by atoms with Crippen molar-refractivity contribution in [1.82, 2.24) is 0 Å². The summed E-state index contributed by atoms with van der Waals surface area (Å²) in [7, 11) is 0. The van der Waals surface area contributed by atoms with Gasteiger partial charge in [0.25, 0.3) is 0 Å². The molecule has 0 fully saturated rings. The predicted octanol–water partition coefficient (Wildman–Crippen LogP) is 16.5. The van der Waals surface area contributed by atoms with Crippen molar-refractivity contribution in [3.8, 4) is 44.5 Å². The number of hydrogen-bond acceptors (Lipinski definition) is 2. The Labute approximate surface area is 342 Å². The van der Waals surface area contributed by atoms with Crippen LogP contribution in [0.3, 0.4) is 0 Å². The summed E-state index contributed by atoms with van der Waals surface area (Å²) >= 11 is 1.88. The lowest BCUT2D eigenvalue weighted by atomic mass is 9.94. The zero-order valence-electron chi connectivity index (χ0n) is 31.7. The van der Waals surface area contributed by atoms with Crippen molar-refractivity contribution >= 4 is 70.1 Å². The van der Waals surface area contributed by atoms with Gasteiger partial charge in [-0.1, -0.05) is 182 Å². The number of hydrogen-bond donors (Lipinski definition) is 0. The summed E-state index contributed by atoms with van der Waals surface area (Å²) in [6.45, 7) is 0. The van der Waals surface area contributed by atoms with Crippen LogP contribution >= 0.6 is 11.3 Å². The van der Waals surface area contributed by atoms with Gasteiger partial charge in [-0.3, -0.25) is 0 Å². The third-order valence-corrected chi connectivity index (χ3v) is 12.7. The lowest BCUT2D eigenvalue weighted by Gasteiger charge is -2.29. The maximum Gasteiger partial charge on any atom is 0.0546 e. The molecule has 0 aliphatic rings. The van der Waals surface area contributed by atoms with E-state index in [4.69, 9.17) is 0 Å². The van der Waals surface area contributed by atoms with Gasteiger partial charge < -0.3 is 4.90 Å². The van der Waals surface area contributed by atoms with Crippen LogP contribution in [0.25, 0.3) is 86.2 Å². The van der Waals surface area contributed by atoms with Crippen LogP contribution in [0.2, 0.25) is 0 Å². The molecule has 58 heavy (non-hydrogen) atoms. The second-order valence-corrected chi connectivity index (χ2v) is 15.9. The van der Waals surface area contributed by atoms with Gasteiger partial charge in [-0.25, -0.2) is 0 Å². The molecular weight excluding hydrogens is 719 g/mol. The number of benzene rings is 10. The molecule has 0 unspecified atom stereocenters. The van der Waals surface area contributed by atoms with Gasteiger partial charge in [0.2, 0.25) is 0 Å². The summed E-state index contributed by atoms with van der Waals surface area (Å²) in [4.78, 5) is 2.44. The maximum atomic E-state index is 2.44. The topological polar surface area (TPSA) is 3.24 Å². The lowest BCUT2D eigenvalue weighted by Crippen LogP contribution is -2.11. The fourth-order valence-corrected chi connectivity index (χ4v) is 9.83. The van der Waals surface area contributed by atoms with Gasteiger partial charge in [0, 0.05) is 37.1 Å². The minimum absolute atomic E-state index is 1.09. The molecule has 1 aromatic heterocycles. The average Bonchev–Trinajstić information content (AvgIpc) is 3.69. The van der Waals surface area contributed by atoms with E-state index in [9.17, 15) is 0 Å². The fraction of sp³-hybridized carbons (Fsp3) is 0. The Balaban J connectivity index is 1.09. The molecule has 11 aromatic rings. The molecule has 0 aliphatic heterocycles. The zero-order valence-corrected chi connectivity index (χ0v) is 32.5. The van der Waals surface area contributed by atoms with E-state index in [1.165, 1.54) is 86.2 Å². The lowest BCUT2D eigenvalue weighted by molar-refractivity contribution is 1.28. The number of fused-ring (bicyclic) bond motifs is 5. The van der Waals surface area contributed by atoms with Crippen molar-refractivity contribution in [2.24, 2.45) is 0 Å². The predicted molar refractivity (Wildman–Crippen MR) is 251 cm³/mol. The number of anilines is 3. The van der Waals surface area contributed by atoms with E-state index < -0.39 is 0 Å². The first kappa shape index (κ1) is 34.0. The first-order valence-electron chi connectivity index (χ1n) is 19.8. The highest BCUT2D eigenvalue weighted by Gasteiger charge is 2.20. The molecule has 10 aromatic carbocycles. The van der Waals surface area contributed by atoms with E-state index in [1.54, 1.807) is 0 Å². The van der Waals surface area contributed by atoms with Crippen LogP contribution in [-0.2, 0) is 0 Å². The Morgan fingerprint density at radius 3 is 1.67 bits per heavy atom. The molecule has 0 spiro atoms. The van der Waals surface area contributed by atoms with Crippen LogP contribution in [-0.4, -0.2) is 0 Å². The monoisotopic (exact) mass is 755 g/mol. The largest absolute Gasteiger partial charge is 0.310 e. The molecule has 0 saturated carbocycles. The second-order valence-electron chi connectivity index (χ2n) is 14.9. The molecule has 0 amide bonds. The molecule has 0 bridgehead atoms. The summed E-state index contributed by atoms with van der Waals surface area (Å²) in [5.74, 6) is 0. The van der Waals surface area contributed by atoms with Crippen LogP contribution in [0.1, 0.15) is 0 Å². The summed E-state index contributed by atoms with van der Waals surface area (Å²) in [6.07, 6.45) is 0. The normalized spacial score (nSPS) is 11.4. The first-order valence-corrected chi connectivity index (χ1v) is 20.6. The summed E-state index contributed by atoms with van der Waals surface area (Å²) in [5, 5.41) is 7.61. The Bertz CT molecular complexity index is 3260. The number of nitrogens with zero attached hydrogens (tertiary/aromatic N) is 1. The molecule has 1 nitrogen and oxygen atoms in total. The van der Waals surface area contributed by atoms with E-state index in [-0.39, 0.29) is 0 Å². The molecular formula is C56H37NS. The summed E-state index contributed by atoms with van der Waals surface area (Å²) < 4.78 is 2.64. The highest BCUT2D eigenvalue weighted by molar-refractivity contribution is 7.26. The molecule has 0 aliphatic carbocycles. The van der Waals surface area contributed by atoms with Crippen LogP contribution in [0.15, 0.2) is 224 Å². The SMILES string of the molecule is c1ccc(-c2ccc(-c3cccc4ccccc34)cc2N(c2ccc(-c3ccc4ccccc4c3)cc2)c2ccc(-c3cccc4c3sc3ccccc34)cc2)cc1. The van der Waals surface area contributed by atoms with Crippen molar-refractivity contribution in [3.05, 3.63) is 224 Å². The van der Waals surface area contributed by atoms with Gasteiger partial charge in [-0.2, -0.15) is 0 Å². The van der Waals surface area contributed by atoms with Gasteiger partial charge in [0.05, 0.1) is 5.69 Å². The van der Waals surface area contributed by atoms with E-state index in [0.717, 1.165) is 17.1 Å². The van der Waals surface area contributed by atoms with Gasteiger partial charge >= 0.3 is 0 Å². The van der Waals surface area contributed by atoms with Crippen molar-refractivity contribution in [2.45, 2.75) is 0 Å². The van der Waals surface area contributed by atoms with Gasteiger partial charge in [0.1, 0.15) is 0 Å². The molecule has 11 rings (SSSR count). The number of thiophene rings is 1. The van der Waals surface area contributed by atoms with Gasteiger partial charge in [-0.15, -0.1) is 11.3 Å². The van der Waals surface area contributed by atoms with Crippen LogP contribution in [0.5, 0.6) is 0 Å². The van der Waals surface area contributed by atoms with E-state index in [0.29, 0.717) is 0 Å². The van der Waals surface area contributed by atoms with Crippen LogP contribution in [0, 0.1) is 0 Å². The first-order chi connectivity index (χ1) is 28.7. The maximum absolute atomic E-state index is 2.44. The Hall–Kier alpha value is -7.26. The molecule has 272 valence electrons. The van der Waals surface area contributed by atoms with Crippen LogP contribution < -0.4 is 4.90 Å². The Morgan fingerprint density at radius 1 is 0.293 bits per heavy atom. The molecule has 1 heterocycles. The summed E-state index contributed by atoms with van der Waals surface area (Å²) in [5.41, 5.74) is 12.9. The third kappa shape index (κ3) is 6.03. The van der Waals surface area contributed by atoms with Crippen molar-refractivity contribution < 1.29 is 0 Å². The summed E-state index contributed by atoms with van der Waals surface area (Å²) in [6, 6.07) is 82.0. The Morgan fingerprint density at radius 2 is 0.862 bits per heavy atom. The molecule has 0 saturated heterocycles.